The van der Waals surface area contributed by atoms with Crippen LogP contribution in [0.15, 0.2) is 36.5 Å². The van der Waals surface area contributed by atoms with Crippen LogP contribution in [-0.4, -0.2) is 75.3 Å². The van der Waals surface area contributed by atoms with E-state index < -0.39 is 0 Å². The summed E-state index contributed by atoms with van der Waals surface area (Å²) in [5, 5.41) is 0. The third-order valence-corrected chi connectivity index (χ3v) is 6.84. The monoisotopic (exact) mass is 423 g/mol. The van der Waals surface area contributed by atoms with Crippen LogP contribution < -0.4 is 0 Å². The molecule has 168 valence electrons. The smallest absolute Gasteiger partial charge is 0.274 e. The van der Waals surface area contributed by atoms with Gasteiger partial charge in [-0.15, -0.1) is 0 Å². The number of fused-ring (bicyclic) bond motifs is 1. The maximum absolute atomic E-state index is 13.6. The lowest BCUT2D eigenvalue weighted by Crippen LogP contribution is -2.52. The molecule has 1 aliphatic heterocycles. The number of hydrogen-bond donors (Lipinski definition) is 0. The van der Waals surface area contributed by atoms with Gasteiger partial charge in [0.1, 0.15) is 5.65 Å². The van der Waals surface area contributed by atoms with Crippen LogP contribution in [-0.2, 0) is 6.54 Å². The minimum Gasteiger partial charge on any atom is -0.335 e. The van der Waals surface area contributed by atoms with Crippen LogP contribution in [0.25, 0.3) is 5.65 Å². The summed E-state index contributed by atoms with van der Waals surface area (Å²) < 4.78 is 2.08. The predicted octanol–water partition coefficient (Wildman–Crippen LogP) is 3.82. The quantitative estimate of drug-likeness (QED) is 0.635. The van der Waals surface area contributed by atoms with Crippen molar-refractivity contribution in [2.75, 3.05) is 39.3 Å². The number of pyridine rings is 1. The van der Waals surface area contributed by atoms with Gasteiger partial charge < -0.3 is 9.30 Å². The predicted molar refractivity (Wildman–Crippen MR) is 125 cm³/mol. The first-order valence-corrected chi connectivity index (χ1v) is 11.9. The largest absolute Gasteiger partial charge is 0.335 e. The number of imidazole rings is 1. The van der Waals surface area contributed by atoms with Gasteiger partial charge in [0, 0.05) is 51.5 Å². The number of carbonyl (C=O) groups excluding carboxylic acids is 1. The molecular weight excluding hydrogens is 386 g/mol. The van der Waals surface area contributed by atoms with E-state index in [4.69, 9.17) is 4.98 Å². The highest BCUT2D eigenvalue weighted by Gasteiger charge is 2.30. The van der Waals surface area contributed by atoms with Crippen LogP contribution >= 0.6 is 0 Å². The summed E-state index contributed by atoms with van der Waals surface area (Å²) in [6, 6.07) is 6.69. The van der Waals surface area contributed by atoms with Gasteiger partial charge in [0.15, 0.2) is 5.69 Å². The van der Waals surface area contributed by atoms with E-state index in [9.17, 15) is 4.79 Å². The van der Waals surface area contributed by atoms with Gasteiger partial charge in [-0.25, -0.2) is 4.98 Å². The fourth-order valence-electron chi connectivity index (χ4n) is 5.13. The molecule has 2 aliphatic rings. The van der Waals surface area contributed by atoms with Crippen molar-refractivity contribution in [3.05, 3.63) is 47.9 Å². The van der Waals surface area contributed by atoms with Gasteiger partial charge in [-0.2, -0.15) is 0 Å². The highest BCUT2D eigenvalue weighted by Crippen LogP contribution is 2.24. The van der Waals surface area contributed by atoms with Crippen LogP contribution in [0, 0.1) is 0 Å². The van der Waals surface area contributed by atoms with Gasteiger partial charge in [0.25, 0.3) is 5.91 Å². The molecule has 31 heavy (non-hydrogen) atoms. The van der Waals surface area contributed by atoms with Crippen LogP contribution in [0.2, 0.25) is 0 Å². The Morgan fingerprint density at radius 1 is 1.16 bits per heavy atom. The first-order valence-electron chi connectivity index (χ1n) is 11.9. The van der Waals surface area contributed by atoms with Crippen LogP contribution in [0.1, 0.15) is 62.1 Å². The summed E-state index contributed by atoms with van der Waals surface area (Å²) >= 11 is 0. The Bertz CT molecular complexity index is 906. The second-order valence-electron chi connectivity index (χ2n) is 9.22. The molecule has 1 aliphatic carbocycles. The summed E-state index contributed by atoms with van der Waals surface area (Å²) in [5.74, 6) is 0.0772. The van der Waals surface area contributed by atoms with Gasteiger partial charge in [-0.05, 0) is 38.4 Å². The Morgan fingerprint density at radius 2 is 1.90 bits per heavy atom. The van der Waals surface area contributed by atoms with Crippen molar-refractivity contribution in [2.45, 2.75) is 58.5 Å². The van der Waals surface area contributed by atoms with E-state index in [1.54, 1.807) is 0 Å². The minimum absolute atomic E-state index is 0.0772. The number of likely N-dealkylation sites (N-methyl/N-ethyl adjacent to an activating group) is 1. The topological polar surface area (TPSA) is 44.1 Å². The normalized spacial score (nSPS) is 18.7. The number of amides is 1. The molecule has 1 amide bonds. The second kappa shape index (κ2) is 9.96. The lowest BCUT2D eigenvalue weighted by molar-refractivity contribution is 0.0517. The van der Waals surface area contributed by atoms with Gasteiger partial charge in [0.2, 0.25) is 0 Å². The van der Waals surface area contributed by atoms with Gasteiger partial charge in [0.05, 0.1) is 5.69 Å². The summed E-state index contributed by atoms with van der Waals surface area (Å²) in [5.41, 5.74) is 3.56. The Balaban J connectivity index is 1.51. The van der Waals surface area contributed by atoms with Crippen molar-refractivity contribution in [3.63, 3.8) is 0 Å². The third-order valence-electron chi connectivity index (χ3n) is 6.84. The molecule has 6 heteroatoms. The van der Waals surface area contributed by atoms with Crippen molar-refractivity contribution < 1.29 is 4.79 Å². The molecule has 0 bridgehead atoms. The van der Waals surface area contributed by atoms with E-state index in [2.05, 4.69) is 34.6 Å². The van der Waals surface area contributed by atoms with Crippen molar-refractivity contribution >= 4 is 11.6 Å². The average Bonchev–Trinajstić information content (AvgIpc) is 3.17. The Labute approximate surface area is 186 Å². The molecule has 2 fully saturated rings. The fraction of sp³-hybridized carbons (Fsp3) is 0.600. The number of piperazine rings is 1. The molecule has 0 radical (unpaired) electrons. The molecule has 1 saturated carbocycles. The zero-order chi connectivity index (χ0) is 21.8. The average molecular weight is 424 g/mol. The van der Waals surface area contributed by atoms with E-state index >= 15 is 0 Å². The van der Waals surface area contributed by atoms with E-state index in [-0.39, 0.29) is 5.91 Å². The van der Waals surface area contributed by atoms with Crippen molar-refractivity contribution in [3.8, 4) is 0 Å². The highest BCUT2D eigenvalue weighted by molar-refractivity contribution is 5.94. The molecular formula is C25H37N5O. The summed E-state index contributed by atoms with van der Waals surface area (Å²) in [7, 11) is 0. The molecule has 6 nitrogen and oxygen atoms in total. The second-order valence-corrected chi connectivity index (χ2v) is 9.22. The number of rotatable bonds is 7. The van der Waals surface area contributed by atoms with Crippen LogP contribution in [0.4, 0.5) is 0 Å². The van der Waals surface area contributed by atoms with Crippen molar-refractivity contribution in [2.24, 2.45) is 0 Å². The summed E-state index contributed by atoms with van der Waals surface area (Å²) in [6.45, 7) is 14.2. The molecule has 2 aromatic heterocycles. The molecule has 0 unspecified atom stereocenters. The lowest BCUT2D eigenvalue weighted by Gasteiger charge is -2.40. The maximum Gasteiger partial charge on any atom is 0.274 e. The SMILES string of the molecule is C=C(C)CN(CC)Cc1c(C(=O)N2CCN(C3CCCCC3)CC2)nc2ccccn12. The Morgan fingerprint density at radius 3 is 2.58 bits per heavy atom. The van der Waals surface area contributed by atoms with E-state index in [0.29, 0.717) is 12.2 Å². The molecule has 0 atom stereocenters. The number of carbonyl (C=O) groups is 1. The molecule has 2 aromatic rings. The highest BCUT2D eigenvalue weighted by atomic mass is 16.2. The number of hydrogen-bond acceptors (Lipinski definition) is 4. The van der Waals surface area contributed by atoms with Crippen molar-refractivity contribution in [1.82, 2.24) is 24.1 Å². The first kappa shape index (κ1) is 22.0. The molecule has 3 heterocycles. The molecule has 1 saturated heterocycles. The molecule has 0 aromatic carbocycles. The first-order chi connectivity index (χ1) is 15.1. The summed E-state index contributed by atoms with van der Waals surface area (Å²) in [6.07, 6.45) is 8.75. The van der Waals surface area contributed by atoms with Gasteiger partial charge in [-0.1, -0.05) is 44.4 Å². The zero-order valence-corrected chi connectivity index (χ0v) is 19.2. The van der Waals surface area contributed by atoms with E-state index in [1.165, 1.54) is 32.1 Å². The standard InChI is InChI=1S/C25H37N5O/c1-4-27(18-20(2)3)19-22-24(26-23-12-8-9-13-30(22)23)25(31)29-16-14-28(15-17-29)21-10-6-5-7-11-21/h8-9,12-13,21H,2,4-7,10-11,14-19H2,1,3H3. The van der Waals surface area contributed by atoms with Gasteiger partial charge in [-0.3, -0.25) is 14.6 Å². The fourth-order valence-corrected chi connectivity index (χ4v) is 5.13. The Kier molecular flexibility index (Phi) is 7.08. The Hall–Kier alpha value is -2.18. The van der Waals surface area contributed by atoms with E-state index in [1.807, 2.05) is 29.3 Å². The summed E-state index contributed by atoms with van der Waals surface area (Å²) in [4.78, 5) is 25.3. The van der Waals surface area contributed by atoms with Crippen molar-refractivity contribution in [1.29, 1.82) is 0 Å². The molecule has 0 N–H and O–H groups in total. The minimum atomic E-state index is 0.0772. The van der Waals surface area contributed by atoms with Crippen LogP contribution in [0.5, 0.6) is 0 Å². The maximum atomic E-state index is 13.6. The van der Waals surface area contributed by atoms with Crippen LogP contribution in [0.3, 0.4) is 0 Å². The molecule has 0 spiro atoms. The zero-order valence-electron chi connectivity index (χ0n) is 19.2. The lowest BCUT2D eigenvalue weighted by atomic mass is 9.94. The number of aromatic nitrogens is 2. The van der Waals surface area contributed by atoms with Gasteiger partial charge >= 0.3 is 0 Å². The third kappa shape index (κ3) is 5.01. The van der Waals surface area contributed by atoms with E-state index in [0.717, 1.165) is 62.2 Å². The number of nitrogens with zero attached hydrogens (tertiary/aromatic N) is 5. The molecule has 4 rings (SSSR count).